The van der Waals surface area contributed by atoms with E-state index < -0.39 is 0 Å². The van der Waals surface area contributed by atoms with Gasteiger partial charge in [-0.1, -0.05) is 0 Å². The Kier molecular flexibility index (Phi) is 6.59. The first-order valence-corrected chi connectivity index (χ1v) is 11.3. The Morgan fingerprint density at radius 1 is 1.25 bits per heavy atom. The molecule has 9 heteroatoms. The van der Waals surface area contributed by atoms with E-state index in [1.807, 2.05) is 18.3 Å². The number of fused-ring (bicyclic) bond motifs is 1. The van der Waals surface area contributed by atoms with Crippen molar-refractivity contribution in [2.24, 2.45) is 4.99 Å². The lowest BCUT2D eigenvalue weighted by Crippen LogP contribution is -2.33. The number of allylic oxidation sites excluding steroid dienone is 1. The summed E-state index contributed by atoms with van der Waals surface area (Å²) in [4.78, 5) is 28.5. The van der Waals surface area contributed by atoms with Crippen LogP contribution >= 0.6 is 25.2 Å². The monoisotopic (exact) mass is 506 g/mol. The molecule has 1 amide bonds. The fourth-order valence-corrected chi connectivity index (χ4v) is 4.07. The summed E-state index contributed by atoms with van der Waals surface area (Å²) < 4.78 is 0.683. The number of nitriles is 1. The van der Waals surface area contributed by atoms with Crippen molar-refractivity contribution in [3.8, 4) is 6.07 Å². The topological polar surface area (TPSA) is 108 Å². The zero-order chi connectivity index (χ0) is 22.7. The molecule has 160 valence electrons. The summed E-state index contributed by atoms with van der Waals surface area (Å²) in [5, 5.41) is 10.9. The number of carbonyl (C=O) groups is 1. The molecule has 0 saturated carbocycles. The zero-order valence-corrected chi connectivity index (χ0v) is 19.9. The predicted molar refractivity (Wildman–Crippen MR) is 132 cm³/mol. The van der Waals surface area contributed by atoms with Gasteiger partial charge < -0.3 is 10.6 Å². The van der Waals surface area contributed by atoms with Crippen molar-refractivity contribution in [1.29, 1.82) is 5.26 Å². The van der Waals surface area contributed by atoms with Gasteiger partial charge in [0.15, 0.2) is 0 Å². The first-order chi connectivity index (χ1) is 15.4. The van der Waals surface area contributed by atoms with Gasteiger partial charge in [-0.05, 0) is 70.5 Å². The van der Waals surface area contributed by atoms with Crippen molar-refractivity contribution in [3.63, 3.8) is 0 Å². The molecule has 1 unspecified atom stereocenters. The molecule has 1 aliphatic rings. The molecule has 0 aliphatic carbocycles. The van der Waals surface area contributed by atoms with Crippen LogP contribution in [0.1, 0.15) is 34.5 Å². The van der Waals surface area contributed by atoms with Gasteiger partial charge in [0.2, 0.25) is 0 Å². The summed E-state index contributed by atoms with van der Waals surface area (Å²) in [5.74, 6) is 0.261. The van der Waals surface area contributed by atoms with Crippen LogP contribution in [0.3, 0.4) is 0 Å². The molecule has 7 nitrogen and oxygen atoms in total. The smallest absolute Gasteiger partial charge is 0.254 e. The SMILES string of the molecule is N#Cc1ccc(CN(CC2=C(P)CCC=N2)C(=O)c2ccc3nc(N)c(Br)cc3c2)nc1. The Labute approximate surface area is 196 Å². The number of nitrogens with zero attached hydrogens (tertiary/aromatic N) is 5. The first kappa shape index (κ1) is 22.1. The van der Waals surface area contributed by atoms with E-state index in [4.69, 9.17) is 11.0 Å². The number of aromatic nitrogens is 2. The molecule has 1 aliphatic heterocycles. The van der Waals surface area contributed by atoms with E-state index >= 15 is 0 Å². The standard InChI is InChI=1S/C23H20BrN6OP/c24-18-9-16-8-15(4-6-19(16)29-22(18)26)23(31)30(13-20-21(32)2-1-7-27-20)12-17-5-3-14(10-25)11-28-17/h3-9,11H,1-2,12-13,32H2,(H2,26,29). The van der Waals surface area contributed by atoms with Crippen LogP contribution in [0.5, 0.6) is 0 Å². The van der Waals surface area contributed by atoms with Crippen LogP contribution in [0.4, 0.5) is 5.82 Å². The average molecular weight is 507 g/mol. The van der Waals surface area contributed by atoms with E-state index in [9.17, 15) is 4.79 Å². The molecule has 0 radical (unpaired) electrons. The Balaban J connectivity index is 1.68. The lowest BCUT2D eigenvalue weighted by molar-refractivity contribution is 0.0756. The zero-order valence-electron chi connectivity index (χ0n) is 17.1. The van der Waals surface area contributed by atoms with Gasteiger partial charge in [0.05, 0.1) is 40.0 Å². The summed E-state index contributed by atoms with van der Waals surface area (Å²) in [6.07, 6.45) is 5.19. The summed E-state index contributed by atoms with van der Waals surface area (Å²) in [7, 11) is 2.74. The lowest BCUT2D eigenvalue weighted by Gasteiger charge is -2.25. The Morgan fingerprint density at radius 3 is 2.81 bits per heavy atom. The maximum Gasteiger partial charge on any atom is 0.254 e. The highest BCUT2D eigenvalue weighted by Gasteiger charge is 2.20. The largest absolute Gasteiger partial charge is 0.383 e. The average Bonchev–Trinajstić information content (AvgIpc) is 2.80. The van der Waals surface area contributed by atoms with Gasteiger partial charge in [0.25, 0.3) is 5.91 Å². The van der Waals surface area contributed by atoms with Gasteiger partial charge in [-0.2, -0.15) is 5.26 Å². The van der Waals surface area contributed by atoms with Crippen LogP contribution in [0, 0.1) is 11.3 Å². The predicted octanol–water partition coefficient (Wildman–Crippen LogP) is 4.44. The van der Waals surface area contributed by atoms with Crippen LogP contribution in [0.15, 0.2) is 63.1 Å². The molecule has 3 aromatic rings. The van der Waals surface area contributed by atoms with Crippen molar-refractivity contribution in [2.75, 3.05) is 12.3 Å². The number of pyridine rings is 2. The number of halogens is 1. The van der Waals surface area contributed by atoms with Crippen LogP contribution in [-0.2, 0) is 6.54 Å². The molecule has 2 aromatic heterocycles. The molecule has 3 heterocycles. The number of rotatable bonds is 5. The Morgan fingerprint density at radius 2 is 2.09 bits per heavy atom. The summed E-state index contributed by atoms with van der Waals surface area (Å²) >= 11 is 3.40. The van der Waals surface area contributed by atoms with E-state index in [2.05, 4.69) is 46.2 Å². The van der Waals surface area contributed by atoms with E-state index in [0.717, 1.165) is 34.8 Å². The molecule has 0 fully saturated rings. The van der Waals surface area contributed by atoms with Crippen molar-refractivity contribution in [1.82, 2.24) is 14.9 Å². The second kappa shape index (κ2) is 9.56. The number of carbonyl (C=O) groups excluding carboxylic acids is 1. The van der Waals surface area contributed by atoms with E-state index in [-0.39, 0.29) is 5.91 Å². The van der Waals surface area contributed by atoms with Crippen molar-refractivity contribution >= 4 is 54.0 Å². The number of nitrogen functional groups attached to an aromatic ring is 1. The third kappa shape index (κ3) is 4.85. The van der Waals surface area contributed by atoms with Crippen LogP contribution in [-0.4, -0.2) is 33.5 Å². The number of amides is 1. The molecule has 2 N–H and O–H groups in total. The summed E-state index contributed by atoms with van der Waals surface area (Å²) in [5.41, 5.74) is 9.16. The van der Waals surface area contributed by atoms with Crippen molar-refractivity contribution < 1.29 is 4.79 Å². The number of anilines is 1. The molecule has 0 spiro atoms. The van der Waals surface area contributed by atoms with Crippen LogP contribution < -0.4 is 5.73 Å². The molecule has 1 atom stereocenters. The van der Waals surface area contributed by atoms with Gasteiger partial charge >= 0.3 is 0 Å². The Bertz CT molecular complexity index is 1300. The minimum absolute atomic E-state index is 0.142. The number of benzene rings is 1. The van der Waals surface area contributed by atoms with E-state index in [1.54, 1.807) is 29.2 Å². The Hall–Kier alpha value is -3.14. The van der Waals surface area contributed by atoms with Gasteiger partial charge in [0, 0.05) is 23.4 Å². The minimum atomic E-state index is -0.142. The van der Waals surface area contributed by atoms with Crippen molar-refractivity contribution in [2.45, 2.75) is 19.4 Å². The molecule has 0 bridgehead atoms. The second-order valence-electron chi connectivity index (χ2n) is 7.40. The van der Waals surface area contributed by atoms with Gasteiger partial charge in [0.1, 0.15) is 11.9 Å². The number of hydrogen-bond acceptors (Lipinski definition) is 6. The summed E-state index contributed by atoms with van der Waals surface area (Å²) in [6, 6.07) is 12.8. The van der Waals surface area contributed by atoms with Gasteiger partial charge in [-0.15, -0.1) is 9.24 Å². The highest BCUT2D eigenvalue weighted by Crippen LogP contribution is 2.26. The quantitative estimate of drug-likeness (QED) is 0.514. The van der Waals surface area contributed by atoms with Gasteiger partial charge in [-0.25, -0.2) is 4.98 Å². The fourth-order valence-electron chi connectivity index (χ4n) is 3.41. The molecular weight excluding hydrogens is 487 g/mol. The maximum atomic E-state index is 13.6. The second-order valence-corrected chi connectivity index (χ2v) is 8.95. The fraction of sp³-hybridized carbons (Fsp3) is 0.174. The molecule has 0 saturated heterocycles. The molecule has 1 aromatic carbocycles. The molecular formula is C23H20BrN6OP. The number of hydrogen-bond donors (Lipinski definition) is 1. The molecule has 32 heavy (non-hydrogen) atoms. The summed E-state index contributed by atoms with van der Waals surface area (Å²) in [6.45, 7) is 0.654. The normalized spacial score (nSPS) is 13.3. The third-order valence-electron chi connectivity index (χ3n) is 5.14. The van der Waals surface area contributed by atoms with Crippen LogP contribution in [0.2, 0.25) is 0 Å². The van der Waals surface area contributed by atoms with Gasteiger partial charge in [-0.3, -0.25) is 14.8 Å². The highest BCUT2D eigenvalue weighted by atomic mass is 79.9. The third-order valence-corrected chi connectivity index (χ3v) is 6.39. The van der Waals surface area contributed by atoms with E-state index in [1.165, 1.54) is 6.20 Å². The van der Waals surface area contributed by atoms with Crippen LogP contribution in [0.25, 0.3) is 10.9 Å². The maximum absolute atomic E-state index is 13.6. The minimum Gasteiger partial charge on any atom is -0.383 e. The van der Waals surface area contributed by atoms with Crippen molar-refractivity contribution in [3.05, 3.63) is 74.9 Å². The highest BCUT2D eigenvalue weighted by molar-refractivity contribution is 9.10. The lowest BCUT2D eigenvalue weighted by atomic mass is 10.1. The van der Waals surface area contributed by atoms with E-state index in [0.29, 0.717) is 40.2 Å². The molecule has 4 rings (SSSR count). The number of aliphatic imine (C=N–C) groups is 1. The first-order valence-electron chi connectivity index (χ1n) is 9.94. The number of nitrogens with two attached hydrogens (primary N) is 1.